The van der Waals surface area contributed by atoms with Crippen LogP contribution in [0.3, 0.4) is 0 Å². The molecule has 2 aromatic rings. The average Bonchev–Trinajstić information content (AvgIpc) is 2.44. The van der Waals surface area contributed by atoms with E-state index in [1.54, 1.807) is 30.3 Å². The summed E-state index contributed by atoms with van der Waals surface area (Å²) in [7, 11) is 0. The van der Waals surface area contributed by atoms with Crippen LogP contribution in [0.5, 0.6) is 5.75 Å². The van der Waals surface area contributed by atoms with Gasteiger partial charge in [0.2, 0.25) is 0 Å². The molecule has 0 aromatic heterocycles. The van der Waals surface area contributed by atoms with Crippen LogP contribution >= 0.6 is 23.2 Å². The van der Waals surface area contributed by atoms with Crippen molar-refractivity contribution < 1.29 is 13.5 Å². The summed E-state index contributed by atoms with van der Waals surface area (Å²) in [6, 6.07) is 10.8. The summed E-state index contributed by atoms with van der Waals surface area (Å²) in [6.07, 6.45) is 0. The second-order valence-electron chi connectivity index (χ2n) is 4.19. The van der Waals surface area contributed by atoms with Crippen molar-refractivity contribution in [1.29, 1.82) is 0 Å². The van der Waals surface area contributed by atoms with Crippen LogP contribution in [-0.4, -0.2) is 6.61 Å². The third-order valence-electron chi connectivity index (χ3n) is 2.88. The van der Waals surface area contributed by atoms with E-state index in [2.05, 4.69) is 10.2 Å². The van der Waals surface area contributed by atoms with Crippen LogP contribution in [0.4, 0.5) is 8.78 Å². The van der Waals surface area contributed by atoms with Crippen molar-refractivity contribution in [3.8, 4) is 5.75 Å². The second kappa shape index (κ2) is 7.04. The molecule has 0 aliphatic carbocycles. The fourth-order valence-corrected chi connectivity index (χ4v) is 2.40. The molecule has 0 saturated carbocycles. The minimum absolute atomic E-state index is 0.0425. The van der Waals surface area contributed by atoms with Crippen molar-refractivity contribution in [2.75, 3.05) is 0 Å². The smallest absolute Gasteiger partial charge is 0.387 e. The SMILES string of the molecule is NNC(c1cccc(OC(F)F)c1)c1cccc(Cl)c1Cl. The highest BCUT2D eigenvalue weighted by molar-refractivity contribution is 6.42. The van der Waals surface area contributed by atoms with E-state index in [4.69, 9.17) is 29.0 Å². The van der Waals surface area contributed by atoms with Crippen LogP contribution < -0.4 is 16.0 Å². The number of halogens is 4. The Kier molecular flexibility index (Phi) is 5.36. The fraction of sp³-hybridized carbons (Fsp3) is 0.143. The summed E-state index contributed by atoms with van der Waals surface area (Å²) in [5, 5.41) is 0.733. The first-order valence-corrected chi connectivity index (χ1v) is 6.73. The van der Waals surface area contributed by atoms with E-state index < -0.39 is 12.7 Å². The third-order valence-corrected chi connectivity index (χ3v) is 3.71. The molecule has 2 rings (SSSR count). The Bertz CT molecular complexity index is 626. The van der Waals surface area contributed by atoms with Gasteiger partial charge in [-0.2, -0.15) is 8.78 Å². The van der Waals surface area contributed by atoms with E-state index in [1.165, 1.54) is 12.1 Å². The van der Waals surface area contributed by atoms with Gasteiger partial charge in [0.05, 0.1) is 16.1 Å². The van der Waals surface area contributed by atoms with Crippen LogP contribution in [0, 0.1) is 0 Å². The van der Waals surface area contributed by atoms with Crippen LogP contribution in [0.1, 0.15) is 17.2 Å². The van der Waals surface area contributed by atoms with E-state index in [0.717, 1.165) is 0 Å². The number of ether oxygens (including phenoxy) is 1. The molecule has 21 heavy (non-hydrogen) atoms. The topological polar surface area (TPSA) is 47.3 Å². The molecule has 0 heterocycles. The molecule has 112 valence electrons. The lowest BCUT2D eigenvalue weighted by atomic mass is 9.99. The van der Waals surface area contributed by atoms with Crippen molar-refractivity contribution >= 4 is 23.2 Å². The number of hydrazine groups is 1. The maximum absolute atomic E-state index is 12.3. The molecule has 0 radical (unpaired) electrons. The summed E-state index contributed by atoms with van der Waals surface area (Å²) in [4.78, 5) is 0. The number of hydrogen-bond donors (Lipinski definition) is 2. The van der Waals surface area contributed by atoms with Gasteiger partial charge in [-0.3, -0.25) is 5.84 Å². The normalized spacial score (nSPS) is 12.5. The Morgan fingerprint density at radius 3 is 2.48 bits per heavy atom. The largest absolute Gasteiger partial charge is 0.435 e. The van der Waals surface area contributed by atoms with Crippen molar-refractivity contribution in [1.82, 2.24) is 5.43 Å². The van der Waals surface area contributed by atoms with Gasteiger partial charge >= 0.3 is 6.61 Å². The molecule has 1 unspecified atom stereocenters. The summed E-state index contributed by atoms with van der Waals surface area (Å²) in [6.45, 7) is -2.89. The van der Waals surface area contributed by atoms with Gasteiger partial charge in [0.15, 0.2) is 0 Å². The lowest BCUT2D eigenvalue weighted by Gasteiger charge is -2.19. The summed E-state index contributed by atoms with van der Waals surface area (Å²) >= 11 is 12.1. The van der Waals surface area contributed by atoms with Crippen molar-refractivity contribution in [2.45, 2.75) is 12.7 Å². The molecule has 2 aromatic carbocycles. The highest BCUT2D eigenvalue weighted by Crippen LogP contribution is 2.33. The average molecular weight is 333 g/mol. The fourth-order valence-electron chi connectivity index (χ4n) is 1.98. The van der Waals surface area contributed by atoms with Gasteiger partial charge in [-0.05, 0) is 29.3 Å². The standard InChI is InChI=1S/C14H12Cl2F2N2O/c15-11-6-2-5-10(12(11)16)13(20-19)8-3-1-4-9(7-8)21-14(17)18/h1-7,13-14,20H,19H2. The molecule has 3 nitrogen and oxygen atoms in total. The van der Waals surface area contributed by atoms with Gasteiger partial charge in [-0.15, -0.1) is 0 Å². The zero-order valence-electron chi connectivity index (χ0n) is 10.7. The van der Waals surface area contributed by atoms with E-state index in [9.17, 15) is 8.78 Å². The Morgan fingerprint density at radius 2 is 1.81 bits per heavy atom. The monoisotopic (exact) mass is 332 g/mol. The number of rotatable bonds is 5. The Balaban J connectivity index is 2.39. The second-order valence-corrected chi connectivity index (χ2v) is 4.98. The van der Waals surface area contributed by atoms with Gasteiger partial charge in [-0.1, -0.05) is 47.5 Å². The van der Waals surface area contributed by atoms with Gasteiger partial charge in [0.25, 0.3) is 0 Å². The Labute approximate surface area is 130 Å². The van der Waals surface area contributed by atoms with E-state index in [0.29, 0.717) is 21.2 Å². The van der Waals surface area contributed by atoms with Crippen molar-refractivity contribution in [3.63, 3.8) is 0 Å². The van der Waals surface area contributed by atoms with Crippen LogP contribution in [0.25, 0.3) is 0 Å². The maximum atomic E-state index is 12.3. The summed E-state index contributed by atoms with van der Waals surface area (Å²) < 4.78 is 28.9. The number of benzene rings is 2. The lowest BCUT2D eigenvalue weighted by Crippen LogP contribution is -2.29. The lowest BCUT2D eigenvalue weighted by molar-refractivity contribution is -0.0498. The van der Waals surface area contributed by atoms with Gasteiger partial charge in [-0.25, -0.2) is 5.43 Å². The molecular formula is C14H12Cl2F2N2O. The highest BCUT2D eigenvalue weighted by atomic mass is 35.5. The molecule has 0 aliphatic heterocycles. The molecule has 0 saturated heterocycles. The maximum Gasteiger partial charge on any atom is 0.387 e. The van der Waals surface area contributed by atoms with Crippen molar-refractivity contribution in [3.05, 3.63) is 63.6 Å². The minimum Gasteiger partial charge on any atom is -0.435 e. The highest BCUT2D eigenvalue weighted by Gasteiger charge is 2.18. The number of nitrogens with two attached hydrogens (primary N) is 1. The number of alkyl halides is 2. The molecule has 3 N–H and O–H groups in total. The van der Waals surface area contributed by atoms with Gasteiger partial charge in [0, 0.05) is 0 Å². The third kappa shape index (κ3) is 3.83. The van der Waals surface area contributed by atoms with Crippen LogP contribution in [0.15, 0.2) is 42.5 Å². The predicted octanol–water partition coefficient (Wildman–Crippen LogP) is 4.15. The van der Waals surface area contributed by atoms with Crippen LogP contribution in [-0.2, 0) is 0 Å². The Morgan fingerprint density at radius 1 is 1.10 bits per heavy atom. The predicted molar refractivity (Wildman–Crippen MR) is 78.7 cm³/mol. The first-order chi connectivity index (χ1) is 10.0. The van der Waals surface area contributed by atoms with Crippen molar-refractivity contribution in [2.24, 2.45) is 5.84 Å². The van der Waals surface area contributed by atoms with Gasteiger partial charge in [0.1, 0.15) is 5.75 Å². The molecule has 0 spiro atoms. The number of nitrogens with one attached hydrogen (secondary N) is 1. The van der Waals surface area contributed by atoms with Crippen LogP contribution in [0.2, 0.25) is 10.0 Å². The zero-order valence-corrected chi connectivity index (χ0v) is 12.2. The van der Waals surface area contributed by atoms with E-state index in [1.807, 2.05) is 0 Å². The molecule has 0 aliphatic rings. The molecule has 0 amide bonds. The molecule has 0 fully saturated rings. The zero-order chi connectivity index (χ0) is 15.4. The summed E-state index contributed by atoms with van der Waals surface area (Å²) in [5.74, 6) is 5.61. The molecule has 7 heteroatoms. The van der Waals surface area contributed by atoms with E-state index >= 15 is 0 Å². The van der Waals surface area contributed by atoms with Gasteiger partial charge < -0.3 is 4.74 Å². The first kappa shape index (κ1) is 16.0. The minimum atomic E-state index is -2.89. The first-order valence-electron chi connectivity index (χ1n) is 5.97. The molecular weight excluding hydrogens is 321 g/mol. The number of hydrogen-bond acceptors (Lipinski definition) is 3. The Hall–Kier alpha value is -1.40. The quantitative estimate of drug-likeness (QED) is 0.638. The summed E-state index contributed by atoms with van der Waals surface area (Å²) in [5.41, 5.74) is 3.86. The van der Waals surface area contributed by atoms with E-state index in [-0.39, 0.29) is 5.75 Å². The molecule has 0 bridgehead atoms. The molecule has 1 atom stereocenters.